The van der Waals surface area contributed by atoms with Crippen LogP contribution in [0.15, 0.2) is 12.1 Å². The summed E-state index contributed by atoms with van der Waals surface area (Å²) < 4.78 is 16.5. The van der Waals surface area contributed by atoms with E-state index in [1.54, 1.807) is 6.07 Å². The average molecular weight is 345 g/mol. The van der Waals surface area contributed by atoms with Gasteiger partial charge in [0.1, 0.15) is 5.82 Å². The van der Waals surface area contributed by atoms with Gasteiger partial charge in [0.05, 0.1) is 16.1 Å². The molecule has 0 bridgehead atoms. The van der Waals surface area contributed by atoms with Crippen molar-refractivity contribution in [3.8, 4) is 0 Å². The average Bonchev–Trinajstić information content (AvgIpc) is 2.76. The second kappa shape index (κ2) is 5.94. The van der Waals surface area contributed by atoms with Crippen molar-refractivity contribution in [2.45, 2.75) is 43.4 Å². The molecule has 0 unspecified atom stereocenters. The number of rotatable bonds is 3. The molecular formula is C15H18ClFN2S2. The number of nitrogens with one attached hydrogen (secondary N) is 1. The molecule has 0 amide bonds. The number of nitrogens with zero attached hydrogens (tertiary/aromatic N) is 1. The van der Waals surface area contributed by atoms with Gasteiger partial charge < -0.3 is 9.55 Å². The van der Waals surface area contributed by atoms with Gasteiger partial charge >= 0.3 is 0 Å². The third-order valence-electron chi connectivity index (χ3n) is 4.46. The van der Waals surface area contributed by atoms with Crippen molar-refractivity contribution in [3.05, 3.63) is 27.7 Å². The number of thioether (sulfide) groups is 1. The number of halogens is 2. The van der Waals surface area contributed by atoms with E-state index in [4.69, 9.17) is 23.8 Å². The summed E-state index contributed by atoms with van der Waals surface area (Å²) in [6.07, 6.45) is 8.45. The first-order valence-corrected chi connectivity index (χ1v) is 9.18. The highest BCUT2D eigenvalue weighted by Gasteiger charge is 2.32. The van der Waals surface area contributed by atoms with Gasteiger partial charge in [0.2, 0.25) is 0 Å². The lowest BCUT2D eigenvalue weighted by atomic mass is 9.88. The fraction of sp³-hybridized carbons (Fsp3) is 0.533. The summed E-state index contributed by atoms with van der Waals surface area (Å²) in [4.78, 5) is 3.10. The Kier molecular flexibility index (Phi) is 4.35. The summed E-state index contributed by atoms with van der Waals surface area (Å²) in [6, 6.07) is 3.10. The quantitative estimate of drug-likeness (QED) is 0.736. The van der Waals surface area contributed by atoms with E-state index in [0.717, 1.165) is 12.1 Å². The van der Waals surface area contributed by atoms with Crippen LogP contribution >= 0.6 is 35.6 Å². The van der Waals surface area contributed by atoms with Gasteiger partial charge in [0.25, 0.3) is 0 Å². The zero-order chi connectivity index (χ0) is 15.0. The lowest BCUT2D eigenvalue weighted by Crippen LogP contribution is -2.33. The molecule has 1 aliphatic carbocycles. The number of aromatic nitrogens is 2. The minimum atomic E-state index is -0.412. The van der Waals surface area contributed by atoms with E-state index in [9.17, 15) is 4.39 Å². The highest BCUT2D eigenvalue weighted by molar-refractivity contribution is 8.00. The van der Waals surface area contributed by atoms with Crippen molar-refractivity contribution in [2.24, 2.45) is 0 Å². The predicted molar refractivity (Wildman–Crippen MR) is 91.4 cm³/mol. The van der Waals surface area contributed by atoms with Gasteiger partial charge in [-0.1, -0.05) is 30.9 Å². The van der Waals surface area contributed by atoms with E-state index < -0.39 is 5.82 Å². The molecule has 0 atom stereocenters. The molecule has 1 heterocycles. The molecule has 0 spiro atoms. The summed E-state index contributed by atoms with van der Waals surface area (Å²) >= 11 is 13.3. The Hall–Kier alpha value is -0.520. The van der Waals surface area contributed by atoms with Crippen LogP contribution in [0.25, 0.3) is 11.0 Å². The van der Waals surface area contributed by atoms with Crippen LogP contribution in [0.1, 0.15) is 32.1 Å². The van der Waals surface area contributed by atoms with E-state index >= 15 is 0 Å². The Balaban J connectivity index is 2.05. The van der Waals surface area contributed by atoms with Crippen molar-refractivity contribution >= 4 is 46.6 Å². The van der Waals surface area contributed by atoms with Gasteiger partial charge in [-0.15, -0.1) is 0 Å². The lowest BCUT2D eigenvalue weighted by molar-refractivity contribution is 0.360. The summed E-state index contributed by atoms with van der Waals surface area (Å²) in [6.45, 7) is 0.856. The first-order valence-electron chi connectivity index (χ1n) is 7.17. The fourth-order valence-corrected chi connectivity index (χ4v) is 4.61. The van der Waals surface area contributed by atoms with E-state index in [1.165, 1.54) is 38.2 Å². The molecule has 6 heteroatoms. The Morgan fingerprint density at radius 1 is 1.38 bits per heavy atom. The molecule has 0 saturated heterocycles. The first-order chi connectivity index (χ1) is 10.0. The van der Waals surface area contributed by atoms with Crippen molar-refractivity contribution in [2.75, 3.05) is 6.26 Å². The van der Waals surface area contributed by atoms with Crippen LogP contribution in [0.5, 0.6) is 0 Å². The molecule has 2 nitrogen and oxygen atoms in total. The minimum Gasteiger partial charge on any atom is -0.330 e. The second-order valence-electron chi connectivity index (χ2n) is 5.75. The molecule has 1 aromatic carbocycles. The minimum absolute atomic E-state index is 0.145. The molecule has 2 aromatic rings. The number of hydrogen-bond donors (Lipinski definition) is 1. The van der Waals surface area contributed by atoms with E-state index in [0.29, 0.717) is 10.3 Å². The molecule has 1 aromatic heterocycles. The van der Waals surface area contributed by atoms with Crippen LogP contribution in [0.2, 0.25) is 5.02 Å². The van der Waals surface area contributed by atoms with Gasteiger partial charge in [-0.05, 0) is 37.4 Å². The Morgan fingerprint density at radius 2 is 2.10 bits per heavy atom. The maximum atomic E-state index is 13.6. The monoisotopic (exact) mass is 344 g/mol. The Labute approximate surface area is 138 Å². The van der Waals surface area contributed by atoms with Gasteiger partial charge in [0.15, 0.2) is 4.77 Å². The maximum absolute atomic E-state index is 13.6. The van der Waals surface area contributed by atoms with Crippen molar-refractivity contribution < 1.29 is 4.39 Å². The number of aromatic amines is 1. The van der Waals surface area contributed by atoms with Gasteiger partial charge in [-0.3, -0.25) is 0 Å². The van der Waals surface area contributed by atoms with Crippen molar-refractivity contribution in [3.63, 3.8) is 0 Å². The van der Waals surface area contributed by atoms with Crippen molar-refractivity contribution in [1.82, 2.24) is 9.55 Å². The molecule has 0 radical (unpaired) electrons. The van der Waals surface area contributed by atoms with Crippen molar-refractivity contribution in [1.29, 1.82) is 0 Å². The topological polar surface area (TPSA) is 20.7 Å². The van der Waals surface area contributed by atoms with Crippen LogP contribution < -0.4 is 0 Å². The van der Waals surface area contributed by atoms with Crippen LogP contribution in [0, 0.1) is 10.6 Å². The Bertz CT molecular complexity index is 716. The van der Waals surface area contributed by atoms with E-state index in [1.807, 2.05) is 11.8 Å². The van der Waals surface area contributed by atoms with Gasteiger partial charge in [-0.2, -0.15) is 11.8 Å². The second-order valence-corrected chi connectivity index (χ2v) is 7.82. The van der Waals surface area contributed by atoms with E-state index in [2.05, 4.69) is 15.8 Å². The number of hydrogen-bond acceptors (Lipinski definition) is 2. The molecule has 21 heavy (non-hydrogen) atoms. The smallest absolute Gasteiger partial charge is 0.178 e. The first kappa shape index (κ1) is 15.4. The fourth-order valence-electron chi connectivity index (χ4n) is 3.22. The highest BCUT2D eigenvalue weighted by atomic mass is 35.5. The molecular weight excluding hydrogens is 327 g/mol. The number of imidazole rings is 1. The summed E-state index contributed by atoms with van der Waals surface area (Å²) in [7, 11) is 0. The van der Waals surface area contributed by atoms with Crippen LogP contribution in [0.3, 0.4) is 0 Å². The molecule has 1 saturated carbocycles. The predicted octanol–water partition coefficient (Wildman–Crippen LogP) is 5.56. The lowest BCUT2D eigenvalue weighted by Gasteiger charge is -2.36. The van der Waals surface area contributed by atoms with Gasteiger partial charge in [-0.25, -0.2) is 4.39 Å². The molecule has 0 aliphatic heterocycles. The number of H-pyrrole nitrogens is 1. The zero-order valence-electron chi connectivity index (χ0n) is 11.9. The molecule has 114 valence electrons. The maximum Gasteiger partial charge on any atom is 0.178 e. The summed E-state index contributed by atoms with van der Waals surface area (Å²) in [5.41, 5.74) is 1.61. The van der Waals surface area contributed by atoms with E-state index in [-0.39, 0.29) is 9.77 Å². The SMILES string of the molecule is CSC1(Cn2c(=S)[nH]c3cc(F)c(Cl)cc32)CCCCC1. The molecule has 1 fully saturated rings. The highest BCUT2D eigenvalue weighted by Crippen LogP contribution is 2.40. The van der Waals surface area contributed by atoms with Crippen LogP contribution in [-0.4, -0.2) is 20.6 Å². The molecule has 1 aliphatic rings. The third kappa shape index (κ3) is 2.88. The van der Waals surface area contributed by atoms with Crippen LogP contribution in [0.4, 0.5) is 4.39 Å². The Morgan fingerprint density at radius 3 is 2.76 bits per heavy atom. The molecule has 3 rings (SSSR count). The summed E-state index contributed by atoms with van der Waals surface area (Å²) in [5, 5.41) is 0.145. The number of fused-ring (bicyclic) bond motifs is 1. The van der Waals surface area contributed by atoms with Gasteiger partial charge in [0, 0.05) is 17.4 Å². The normalized spacial score (nSPS) is 18.2. The largest absolute Gasteiger partial charge is 0.330 e. The standard InChI is InChI=1S/C15H18ClFN2S2/c1-21-15(5-3-2-4-6-15)9-19-13-7-10(16)11(17)8-12(13)18-14(19)20/h7-8H,2-6,9H2,1H3,(H,18,20). The summed E-state index contributed by atoms with van der Waals surface area (Å²) in [5.74, 6) is -0.412. The molecule has 1 N–H and O–H groups in total. The van der Waals surface area contributed by atoms with Crippen LogP contribution in [-0.2, 0) is 6.54 Å². The number of benzene rings is 1. The zero-order valence-corrected chi connectivity index (χ0v) is 14.3. The third-order valence-corrected chi connectivity index (χ3v) is 6.48.